The Morgan fingerprint density at radius 2 is 2.06 bits per heavy atom. The minimum absolute atomic E-state index is 0.0987. The molecule has 1 heterocycles. The Morgan fingerprint density at radius 3 is 2.78 bits per heavy atom. The van der Waals surface area contributed by atoms with Gasteiger partial charge < -0.3 is 5.73 Å². The molecule has 2 heteroatoms. The van der Waals surface area contributed by atoms with Gasteiger partial charge in [-0.25, -0.2) is 4.98 Å². The number of hydrogen-bond donors (Lipinski definition) is 1. The van der Waals surface area contributed by atoms with E-state index in [0.717, 1.165) is 11.1 Å². The first-order valence-corrected chi connectivity index (χ1v) is 6.70. The fraction of sp³-hybridized carbons (Fsp3) is 0.438. The number of anilines is 1. The second-order valence-corrected chi connectivity index (χ2v) is 5.42. The molecule has 2 nitrogen and oxygen atoms in total. The van der Waals surface area contributed by atoms with Crippen LogP contribution in [0.3, 0.4) is 0 Å². The maximum Gasteiger partial charge on any atom is 0.131 e. The standard InChI is InChI=1S/C16H22N2/c1-4-5-12(2)16(3)9-6-13-8-11-18-15(17)14(13)7-10-16/h6-12H,4-5H2,1-3H3,(H2,17,18). The van der Waals surface area contributed by atoms with Gasteiger partial charge in [-0.1, -0.05) is 51.5 Å². The van der Waals surface area contributed by atoms with Crippen LogP contribution in [-0.4, -0.2) is 4.98 Å². The summed E-state index contributed by atoms with van der Waals surface area (Å²) in [6.07, 6.45) is 13.1. The highest BCUT2D eigenvalue weighted by molar-refractivity contribution is 5.74. The molecule has 18 heavy (non-hydrogen) atoms. The van der Waals surface area contributed by atoms with Crippen molar-refractivity contribution in [3.05, 3.63) is 35.5 Å². The Hall–Kier alpha value is -1.57. The molecule has 1 aliphatic rings. The van der Waals surface area contributed by atoms with Gasteiger partial charge in [0, 0.05) is 17.2 Å². The molecule has 0 fully saturated rings. The summed E-state index contributed by atoms with van der Waals surface area (Å²) in [7, 11) is 0. The lowest BCUT2D eigenvalue weighted by molar-refractivity contribution is 0.331. The van der Waals surface area contributed by atoms with Crippen LogP contribution in [0.25, 0.3) is 12.2 Å². The first-order chi connectivity index (χ1) is 8.57. The zero-order chi connectivity index (χ0) is 13.2. The SMILES string of the molecule is CCCC(C)C1(C)C=Cc2ccnc(N)c2C=C1. The lowest BCUT2D eigenvalue weighted by Gasteiger charge is -2.29. The number of aromatic nitrogens is 1. The van der Waals surface area contributed by atoms with Crippen LogP contribution in [0.5, 0.6) is 0 Å². The van der Waals surface area contributed by atoms with E-state index in [1.54, 1.807) is 6.20 Å². The third-order valence-electron chi connectivity index (χ3n) is 4.07. The van der Waals surface area contributed by atoms with Gasteiger partial charge in [-0.3, -0.25) is 0 Å². The highest BCUT2D eigenvalue weighted by atomic mass is 14.8. The second-order valence-electron chi connectivity index (χ2n) is 5.42. The summed E-state index contributed by atoms with van der Waals surface area (Å²) in [4.78, 5) is 4.16. The van der Waals surface area contributed by atoms with Crippen LogP contribution in [-0.2, 0) is 0 Å². The van der Waals surface area contributed by atoms with Crippen LogP contribution in [0.2, 0.25) is 0 Å². The van der Waals surface area contributed by atoms with Gasteiger partial charge in [-0.15, -0.1) is 0 Å². The van der Waals surface area contributed by atoms with Gasteiger partial charge >= 0.3 is 0 Å². The summed E-state index contributed by atoms with van der Waals surface area (Å²) in [5, 5.41) is 0. The number of rotatable bonds is 3. The summed E-state index contributed by atoms with van der Waals surface area (Å²) >= 11 is 0. The van der Waals surface area contributed by atoms with Crippen LogP contribution >= 0.6 is 0 Å². The molecule has 1 aliphatic carbocycles. The summed E-state index contributed by atoms with van der Waals surface area (Å²) in [5.74, 6) is 1.24. The molecular weight excluding hydrogens is 220 g/mol. The predicted molar refractivity (Wildman–Crippen MR) is 78.9 cm³/mol. The van der Waals surface area contributed by atoms with Crippen molar-refractivity contribution in [2.75, 3.05) is 5.73 Å². The first-order valence-electron chi connectivity index (χ1n) is 6.70. The van der Waals surface area contributed by atoms with Crippen molar-refractivity contribution in [3.63, 3.8) is 0 Å². The first kappa shape index (κ1) is 12.9. The average Bonchev–Trinajstić information content (AvgIpc) is 2.52. The molecule has 2 rings (SSSR count). The Kier molecular flexibility index (Phi) is 3.55. The molecule has 96 valence electrons. The van der Waals surface area contributed by atoms with Gasteiger partial charge in [0.2, 0.25) is 0 Å². The predicted octanol–water partition coefficient (Wildman–Crippen LogP) is 4.15. The van der Waals surface area contributed by atoms with Gasteiger partial charge in [-0.05, 0) is 24.0 Å². The normalized spacial score (nSPS) is 23.5. The lowest BCUT2D eigenvalue weighted by Crippen LogP contribution is -2.19. The third kappa shape index (κ3) is 2.33. The number of nitrogens with two attached hydrogens (primary N) is 1. The molecule has 1 aromatic heterocycles. The molecule has 0 amide bonds. The summed E-state index contributed by atoms with van der Waals surface area (Å²) in [6.45, 7) is 6.84. The highest BCUT2D eigenvalue weighted by Crippen LogP contribution is 2.38. The molecule has 0 aliphatic heterocycles. The molecule has 2 N–H and O–H groups in total. The van der Waals surface area contributed by atoms with Gasteiger partial charge in [0.05, 0.1) is 0 Å². The third-order valence-corrected chi connectivity index (χ3v) is 4.07. The van der Waals surface area contributed by atoms with Gasteiger partial charge in [-0.2, -0.15) is 0 Å². The van der Waals surface area contributed by atoms with Crippen LogP contribution in [0, 0.1) is 11.3 Å². The van der Waals surface area contributed by atoms with E-state index in [1.165, 1.54) is 12.8 Å². The van der Waals surface area contributed by atoms with Crippen LogP contribution in [0.15, 0.2) is 24.4 Å². The van der Waals surface area contributed by atoms with E-state index in [-0.39, 0.29) is 5.41 Å². The van der Waals surface area contributed by atoms with Crippen molar-refractivity contribution in [3.8, 4) is 0 Å². The van der Waals surface area contributed by atoms with Crippen LogP contribution in [0.1, 0.15) is 44.7 Å². The van der Waals surface area contributed by atoms with Crippen molar-refractivity contribution < 1.29 is 0 Å². The zero-order valence-electron chi connectivity index (χ0n) is 11.5. The van der Waals surface area contributed by atoms with E-state index in [9.17, 15) is 0 Å². The highest BCUT2D eigenvalue weighted by Gasteiger charge is 2.26. The molecule has 0 radical (unpaired) electrons. The smallest absolute Gasteiger partial charge is 0.131 e. The van der Waals surface area contributed by atoms with E-state index in [2.05, 4.69) is 50.1 Å². The van der Waals surface area contributed by atoms with Crippen LogP contribution in [0.4, 0.5) is 5.82 Å². The number of pyridine rings is 1. The Bertz CT molecular complexity index is 488. The number of nitrogen functional groups attached to an aromatic ring is 1. The zero-order valence-corrected chi connectivity index (χ0v) is 11.5. The second kappa shape index (κ2) is 4.97. The molecule has 2 atom stereocenters. The van der Waals surface area contributed by atoms with Crippen molar-refractivity contribution in [2.24, 2.45) is 11.3 Å². The minimum atomic E-state index is 0.0987. The summed E-state index contributed by atoms with van der Waals surface area (Å²) in [6, 6.07) is 2.02. The van der Waals surface area contributed by atoms with Gasteiger partial charge in [0.1, 0.15) is 5.82 Å². The number of nitrogens with zero attached hydrogens (tertiary/aromatic N) is 1. The van der Waals surface area contributed by atoms with E-state index < -0.39 is 0 Å². The van der Waals surface area contributed by atoms with E-state index >= 15 is 0 Å². The Labute approximate surface area is 110 Å². The molecule has 2 unspecified atom stereocenters. The lowest BCUT2D eigenvalue weighted by atomic mass is 9.75. The molecular formula is C16H22N2. The minimum Gasteiger partial charge on any atom is -0.383 e. The maximum absolute atomic E-state index is 5.94. The monoisotopic (exact) mass is 242 g/mol. The van der Waals surface area contributed by atoms with Crippen molar-refractivity contribution >= 4 is 18.0 Å². The molecule has 0 saturated carbocycles. The molecule has 1 aromatic rings. The number of allylic oxidation sites excluding steroid dienone is 2. The molecule has 0 saturated heterocycles. The molecule has 0 bridgehead atoms. The topological polar surface area (TPSA) is 38.9 Å². The fourth-order valence-electron chi connectivity index (χ4n) is 2.49. The number of fused-ring (bicyclic) bond motifs is 1. The number of hydrogen-bond acceptors (Lipinski definition) is 2. The Balaban J connectivity index is 2.39. The fourth-order valence-corrected chi connectivity index (χ4v) is 2.49. The van der Waals surface area contributed by atoms with E-state index in [4.69, 9.17) is 5.73 Å². The van der Waals surface area contributed by atoms with Gasteiger partial charge in [0.15, 0.2) is 0 Å². The van der Waals surface area contributed by atoms with E-state index in [1.807, 2.05) is 6.07 Å². The van der Waals surface area contributed by atoms with Gasteiger partial charge in [0.25, 0.3) is 0 Å². The van der Waals surface area contributed by atoms with Crippen LogP contribution < -0.4 is 5.73 Å². The summed E-state index contributed by atoms with van der Waals surface area (Å²) < 4.78 is 0. The Morgan fingerprint density at radius 1 is 1.33 bits per heavy atom. The average molecular weight is 242 g/mol. The molecule has 0 spiro atoms. The quantitative estimate of drug-likeness (QED) is 0.865. The largest absolute Gasteiger partial charge is 0.383 e. The van der Waals surface area contributed by atoms with Crippen molar-refractivity contribution in [1.82, 2.24) is 4.98 Å². The maximum atomic E-state index is 5.94. The molecule has 0 aromatic carbocycles. The van der Waals surface area contributed by atoms with Crippen molar-refractivity contribution in [2.45, 2.75) is 33.6 Å². The van der Waals surface area contributed by atoms with E-state index in [0.29, 0.717) is 11.7 Å². The van der Waals surface area contributed by atoms with Crippen molar-refractivity contribution in [1.29, 1.82) is 0 Å². The summed E-state index contributed by atoms with van der Waals surface area (Å²) in [5.41, 5.74) is 8.24.